The lowest BCUT2D eigenvalue weighted by molar-refractivity contribution is 0.0907. The molecule has 6 aromatic carbocycles. The van der Waals surface area contributed by atoms with Crippen molar-refractivity contribution in [1.29, 1.82) is 0 Å². The Morgan fingerprint density at radius 2 is 1.15 bits per heavy atom. The molecule has 3 heterocycles. The van der Waals surface area contributed by atoms with Crippen LogP contribution < -0.4 is 19.3 Å². The predicted molar refractivity (Wildman–Crippen MR) is 214 cm³/mol. The smallest absolute Gasteiger partial charge is 0.162 e. The highest BCUT2D eigenvalue weighted by Gasteiger charge is 2.59. The van der Waals surface area contributed by atoms with Crippen LogP contribution in [0.4, 0.5) is 22.7 Å². The second kappa shape index (κ2) is 11.5. The first-order valence-electron chi connectivity index (χ1n) is 18.9. The number of para-hydroxylation sites is 2. The van der Waals surface area contributed by atoms with Gasteiger partial charge in [0.25, 0.3) is 0 Å². The minimum absolute atomic E-state index is 0.0176. The number of allylic oxidation sites excluding steroid dienone is 4. The summed E-state index contributed by atoms with van der Waals surface area (Å²) < 4.78 is 13.3. The highest BCUT2D eigenvalue weighted by molar-refractivity contribution is 5.81. The molecule has 0 saturated carbocycles. The summed E-state index contributed by atoms with van der Waals surface area (Å²) in [5.41, 5.74) is 13.9. The van der Waals surface area contributed by atoms with Crippen molar-refractivity contribution in [3.63, 3.8) is 0 Å². The molecule has 0 bridgehead atoms. The molecular formula is C49H40N2O2. The van der Waals surface area contributed by atoms with Gasteiger partial charge in [-0.25, -0.2) is 0 Å². The van der Waals surface area contributed by atoms with Gasteiger partial charge in [0.1, 0.15) is 11.5 Å². The van der Waals surface area contributed by atoms with Crippen LogP contribution in [0.5, 0.6) is 11.5 Å². The second-order valence-corrected chi connectivity index (χ2v) is 15.5. The Labute approximate surface area is 311 Å². The molecule has 2 aliphatic carbocycles. The van der Waals surface area contributed by atoms with E-state index in [1.54, 1.807) is 0 Å². The van der Waals surface area contributed by atoms with E-state index < -0.39 is 0 Å². The minimum atomic E-state index is -0.0895. The highest BCUT2D eigenvalue weighted by Crippen LogP contribution is 2.59. The lowest BCUT2D eigenvalue weighted by Crippen LogP contribution is -2.31. The quantitative estimate of drug-likeness (QED) is 0.180. The summed E-state index contributed by atoms with van der Waals surface area (Å²) in [4.78, 5) is 4.97. The third kappa shape index (κ3) is 4.54. The average molecular weight is 689 g/mol. The van der Waals surface area contributed by atoms with E-state index >= 15 is 0 Å². The van der Waals surface area contributed by atoms with E-state index in [-0.39, 0.29) is 29.7 Å². The second-order valence-electron chi connectivity index (χ2n) is 15.5. The molecule has 11 rings (SSSR count). The Balaban J connectivity index is 1.02. The van der Waals surface area contributed by atoms with Crippen molar-refractivity contribution in [2.75, 3.05) is 9.80 Å². The molecule has 53 heavy (non-hydrogen) atoms. The number of anilines is 4. The summed E-state index contributed by atoms with van der Waals surface area (Å²) in [5.74, 6) is 2.33. The zero-order chi connectivity index (χ0) is 35.3. The number of ether oxygens (including phenoxy) is 2. The summed E-state index contributed by atoms with van der Waals surface area (Å²) in [7, 11) is 0. The van der Waals surface area contributed by atoms with E-state index in [2.05, 4.69) is 187 Å². The third-order valence-corrected chi connectivity index (χ3v) is 12.4. The maximum Gasteiger partial charge on any atom is 0.162 e. The minimum Gasteiger partial charge on any atom is -0.484 e. The fraction of sp³-hybridized carbons (Fsp3) is 0.184. The highest BCUT2D eigenvalue weighted by atomic mass is 16.6. The van der Waals surface area contributed by atoms with Crippen molar-refractivity contribution in [3.05, 3.63) is 192 Å². The molecule has 6 aromatic rings. The molecule has 1 saturated heterocycles. The van der Waals surface area contributed by atoms with Crippen molar-refractivity contribution in [3.8, 4) is 22.6 Å². The van der Waals surface area contributed by atoms with Gasteiger partial charge < -0.3 is 19.3 Å². The molecule has 5 unspecified atom stereocenters. The zero-order valence-electron chi connectivity index (χ0n) is 29.9. The van der Waals surface area contributed by atoms with Gasteiger partial charge in [-0.15, -0.1) is 0 Å². The summed E-state index contributed by atoms with van der Waals surface area (Å²) in [6.07, 6.45) is 7.77. The van der Waals surface area contributed by atoms with Gasteiger partial charge in [-0.05, 0) is 89.3 Å². The summed E-state index contributed by atoms with van der Waals surface area (Å²) >= 11 is 0. The zero-order valence-corrected chi connectivity index (χ0v) is 29.9. The molecule has 3 aliphatic heterocycles. The number of benzene rings is 6. The van der Waals surface area contributed by atoms with Gasteiger partial charge in [0.15, 0.2) is 12.2 Å². The van der Waals surface area contributed by atoms with Crippen molar-refractivity contribution >= 4 is 22.7 Å². The van der Waals surface area contributed by atoms with Crippen LogP contribution >= 0.6 is 0 Å². The van der Waals surface area contributed by atoms with Gasteiger partial charge in [0, 0.05) is 45.2 Å². The summed E-state index contributed by atoms with van der Waals surface area (Å²) in [6.45, 7) is 4.76. The number of rotatable bonds is 5. The van der Waals surface area contributed by atoms with Gasteiger partial charge >= 0.3 is 0 Å². The average Bonchev–Trinajstić information content (AvgIpc) is 3.92. The van der Waals surface area contributed by atoms with Gasteiger partial charge in [0.05, 0.1) is 12.1 Å². The molecule has 1 fully saturated rings. The van der Waals surface area contributed by atoms with Crippen LogP contribution in [0.1, 0.15) is 60.5 Å². The topological polar surface area (TPSA) is 24.9 Å². The molecule has 0 amide bonds. The fourth-order valence-corrected chi connectivity index (χ4v) is 9.97. The molecule has 0 aromatic heterocycles. The summed E-state index contributed by atoms with van der Waals surface area (Å²) in [6, 6.07) is 53.1. The van der Waals surface area contributed by atoms with Crippen LogP contribution in [-0.4, -0.2) is 12.2 Å². The van der Waals surface area contributed by atoms with Crippen molar-refractivity contribution in [2.45, 2.75) is 55.9 Å². The number of nitrogens with zero attached hydrogens (tertiary/aromatic N) is 2. The van der Waals surface area contributed by atoms with E-state index in [1.165, 1.54) is 44.6 Å². The maximum atomic E-state index is 6.65. The molecular weight excluding hydrogens is 649 g/mol. The molecule has 0 radical (unpaired) electrons. The van der Waals surface area contributed by atoms with Gasteiger partial charge in [0.2, 0.25) is 0 Å². The predicted octanol–water partition coefficient (Wildman–Crippen LogP) is 11.9. The molecule has 0 spiro atoms. The third-order valence-electron chi connectivity index (χ3n) is 12.4. The van der Waals surface area contributed by atoms with E-state index in [0.29, 0.717) is 5.92 Å². The van der Waals surface area contributed by atoms with Crippen LogP contribution in [0, 0.1) is 0 Å². The van der Waals surface area contributed by atoms with E-state index in [4.69, 9.17) is 9.47 Å². The molecule has 5 atom stereocenters. The van der Waals surface area contributed by atoms with E-state index in [9.17, 15) is 0 Å². The number of hydrogen-bond acceptors (Lipinski definition) is 4. The number of fused-ring (bicyclic) bond motifs is 10. The summed E-state index contributed by atoms with van der Waals surface area (Å²) in [5, 5.41) is 0. The van der Waals surface area contributed by atoms with Gasteiger partial charge in [-0.1, -0.05) is 123 Å². The Kier molecular flexibility index (Phi) is 6.64. The van der Waals surface area contributed by atoms with Crippen LogP contribution in [0.2, 0.25) is 0 Å². The van der Waals surface area contributed by atoms with E-state index in [1.807, 2.05) is 0 Å². The van der Waals surface area contributed by atoms with Crippen LogP contribution in [0.25, 0.3) is 11.1 Å². The van der Waals surface area contributed by atoms with Crippen LogP contribution in [0.3, 0.4) is 0 Å². The lowest BCUT2D eigenvalue weighted by Gasteiger charge is -2.32. The van der Waals surface area contributed by atoms with E-state index in [0.717, 1.165) is 35.0 Å². The first-order chi connectivity index (χ1) is 26.0. The molecule has 4 nitrogen and oxygen atoms in total. The number of hydrogen-bond donors (Lipinski definition) is 0. The normalized spacial score (nSPS) is 23.5. The van der Waals surface area contributed by atoms with Crippen molar-refractivity contribution < 1.29 is 9.47 Å². The Bertz CT molecular complexity index is 2390. The Morgan fingerprint density at radius 3 is 1.81 bits per heavy atom. The Morgan fingerprint density at radius 1 is 0.585 bits per heavy atom. The van der Waals surface area contributed by atoms with Crippen LogP contribution in [-0.2, 0) is 5.41 Å². The van der Waals surface area contributed by atoms with Gasteiger partial charge in [-0.2, -0.15) is 0 Å². The SMILES string of the molecule is CC1(C)C2=CC=CCC2c2cc(N(c3ccc(-c4ccccc4)cc3)c3ccc(N4C5c6ccccc6OC5C5Oc6ccccc6C54)cc3)ccc21. The van der Waals surface area contributed by atoms with Gasteiger partial charge in [-0.3, -0.25) is 0 Å². The molecule has 0 N–H and O–H groups in total. The van der Waals surface area contributed by atoms with Crippen molar-refractivity contribution in [2.24, 2.45) is 0 Å². The molecule has 258 valence electrons. The Hall–Kier alpha value is -6.00. The molecule has 4 heteroatoms. The lowest BCUT2D eigenvalue weighted by atomic mass is 9.79. The largest absolute Gasteiger partial charge is 0.484 e. The van der Waals surface area contributed by atoms with Crippen molar-refractivity contribution in [1.82, 2.24) is 0 Å². The maximum absolute atomic E-state index is 6.65. The molecule has 5 aliphatic rings. The van der Waals surface area contributed by atoms with Crippen LogP contribution in [0.15, 0.2) is 169 Å². The first-order valence-corrected chi connectivity index (χ1v) is 18.9. The first kappa shape index (κ1) is 30.6. The fourth-order valence-electron chi connectivity index (χ4n) is 9.97. The monoisotopic (exact) mass is 688 g/mol. The standard InChI is InChI=1S/C49H40N2O2/c1-49(2)41-17-9-6-14-37(41)40-30-36(28-29-42(40)49)50(33-22-20-32(21-23-33)31-12-4-3-5-13-31)34-24-26-35(27-25-34)51-45-38-15-7-10-18-43(38)52-47(45)48-46(51)39-16-8-11-19-44(39)53-48/h3-13,15-30,37,45-48H,14H2,1-2H3.